The van der Waals surface area contributed by atoms with Gasteiger partial charge in [-0.15, -0.1) is 0 Å². The average Bonchev–Trinajstić information content (AvgIpc) is 2.16. The van der Waals surface area contributed by atoms with Crippen molar-refractivity contribution in [2.24, 2.45) is 0 Å². The summed E-state index contributed by atoms with van der Waals surface area (Å²) in [6.45, 7) is 4.78. The molecule has 2 unspecified atom stereocenters. The molecule has 0 amide bonds. The van der Waals surface area contributed by atoms with Crippen molar-refractivity contribution in [1.29, 1.82) is 0 Å². The van der Waals surface area contributed by atoms with Crippen LogP contribution in [0.15, 0.2) is 0 Å². The Hall–Kier alpha value is 1.20. The van der Waals surface area contributed by atoms with Crippen molar-refractivity contribution in [3.8, 4) is 0 Å². The van der Waals surface area contributed by atoms with Crippen molar-refractivity contribution in [3.05, 3.63) is 0 Å². The van der Waals surface area contributed by atoms with Crippen LogP contribution in [0.4, 0.5) is 0 Å². The van der Waals surface area contributed by atoms with E-state index in [1.54, 1.807) is 13.8 Å². The average molecular weight is 317 g/mol. The van der Waals surface area contributed by atoms with E-state index in [0.29, 0.717) is 6.42 Å². The Labute approximate surface area is 134 Å². The molecule has 0 aliphatic rings. The van der Waals surface area contributed by atoms with Crippen molar-refractivity contribution in [2.45, 2.75) is 37.4 Å². The van der Waals surface area contributed by atoms with E-state index in [1.165, 1.54) is 6.92 Å². The van der Waals surface area contributed by atoms with E-state index < -0.39 is 23.7 Å². The van der Waals surface area contributed by atoms with Crippen LogP contribution < -0.4 is 29.6 Å². The fourth-order valence-electron chi connectivity index (χ4n) is 0.708. The molecule has 0 aliphatic heterocycles. The van der Waals surface area contributed by atoms with Crippen molar-refractivity contribution in [3.63, 3.8) is 0 Å². The van der Waals surface area contributed by atoms with Gasteiger partial charge in [0.1, 0.15) is 0 Å². The first-order valence-corrected chi connectivity index (χ1v) is 7.08. The molecule has 98 valence electrons. The Bertz CT molecular complexity index is 305. The first kappa shape index (κ1) is 20.5. The van der Waals surface area contributed by atoms with Crippen LogP contribution in [-0.4, -0.2) is 27.6 Å². The second-order valence-electron chi connectivity index (χ2n) is 3.10. The second-order valence-corrected chi connectivity index (χ2v) is 6.93. The molecule has 17 heavy (non-hydrogen) atoms. The molecule has 2 atom stereocenters. The Morgan fingerprint density at radius 2 is 2.00 bits per heavy atom. The van der Waals surface area contributed by atoms with Crippen LogP contribution in [0.1, 0.15) is 28.6 Å². The third-order valence-corrected chi connectivity index (χ3v) is 4.88. The molecule has 0 saturated carbocycles. The molecular weight excluding hydrogens is 301 g/mol. The van der Waals surface area contributed by atoms with Gasteiger partial charge in [-0.05, 0) is 20.3 Å². The Morgan fingerprint density at radius 1 is 1.53 bits per heavy atom. The van der Waals surface area contributed by atoms with Crippen molar-refractivity contribution < 1.29 is 54.5 Å². The third-order valence-electron chi connectivity index (χ3n) is 1.79. The number of alkyl halides is 2. The van der Waals surface area contributed by atoms with E-state index in [0.717, 1.165) is 0 Å². The summed E-state index contributed by atoms with van der Waals surface area (Å²) in [4.78, 5) is 20.8. The molecule has 0 rings (SSSR count). The Balaban J connectivity index is -0.00000112. The Morgan fingerprint density at radius 3 is 2.35 bits per heavy atom. The smallest absolute Gasteiger partial charge is 1.00 e. The molecule has 0 heterocycles. The van der Waals surface area contributed by atoms with Gasteiger partial charge in [0.05, 0.1) is 12.7 Å². The number of ether oxygens (including phenoxy) is 1. The second kappa shape index (κ2) is 8.39. The van der Waals surface area contributed by atoms with Crippen LogP contribution in [0, 0.1) is 0 Å². The zero-order chi connectivity index (χ0) is 13.0. The molecule has 0 aromatic rings. The summed E-state index contributed by atoms with van der Waals surface area (Å²) >= 11 is 11.0. The standard InChI is InChI=1S/C8H15Cl2O5P.Na.H/c1-4-6(3)15-7(11)8(9,10)16(12,13)14-5-2;;/h6H,4-5H2,1-3H3,(H,12,13);;/q;+1;-1. The van der Waals surface area contributed by atoms with Gasteiger partial charge in [-0.1, -0.05) is 30.1 Å². The van der Waals surface area contributed by atoms with Crippen molar-refractivity contribution in [2.75, 3.05) is 6.61 Å². The fraction of sp³-hybridized carbons (Fsp3) is 0.875. The van der Waals surface area contributed by atoms with Crippen LogP contribution in [-0.2, 0) is 18.6 Å². The minimum atomic E-state index is -4.46. The van der Waals surface area contributed by atoms with E-state index in [9.17, 15) is 14.3 Å². The molecule has 0 aromatic heterocycles. The topological polar surface area (TPSA) is 72.8 Å². The molecule has 5 nitrogen and oxygen atoms in total. The van der Waals surface area contributed by atoms with Crippen LogP contribution in [0.3, 0.4) is 0 Å². The van der Waals surface area contributed by atoms with Gasteiger partial charge in [0.15, 0.2) is 0 Å². The van der Waals surface area contributed by atoms with Gasteiger partial charge in [0.2, 0.25) is 0 Å². The maximum atomic E-state index is 11.5. The first-order valence-electron chi connectivity index (χ1n) is 4.75. The molecule has 0 aromatic carbocycles. The number of esters is 1. The van der Waals surface area contributed by atoms with Gasteiger partial charge < -0.3 is 15.6 Å². The zero-order valence-electron chi connectivity index (χ0n) is 11.3. The summed E-state index contributed by atoms with van der Waals surface area (Å²) in [5.41, 5.74) is 0. The predicted octanol–water partition coefficient (Wildman–Crippen LogP) is -0.202. The van der Waals surface area contributed by atoms with Crippen molar-refractivity contribution in [1.82, 2.24) is 0 Å². The molecule has 1 N–H and O–H groups in total. The maximum absolute atomic E-state index is 11.5. The molecule has 0 saturated heterocycles. The summed E-state index contributed by atoms with van der Waals surface area (Å²) in [6.07, 6.45) is 0.103. The van der Waals surface area contributed by atoms with Gasteiger partial charge in [-0.3, -0.25) is 4.57 Å². The SMILES string of the molecule is CCOP(=O)(O)C(Cl)(Cl)C(=O)OC(C)CC.[H-].[Na+]. The van der Waals surface area contributed by atoms with E-state index in [-0.39, 0.29) is 37.6 Å². The molecule has 9 heteroatoms. The zero-order valence-corrected chi connectivity index (χ0v) is 14.7. The van der Waals surface area contributed by atoms with Crippen LogP contribution in [0.25, 0.3) is 0 Å². The number of carbonyl (C=O) groups excluding carboxylic acids is 1. The molecular formula is C8H16Cl2NaO5P. The van der Waals surface area contributed by atoms with E-state index in [2.05, 4.69) is 4.52 Å². The van der Waals surface area contributed by atoms with Crippen LogP contribution in [0.2, 0.25) is 0 Å². The molecule has 0 aliphatic carbocycles. The molecule has 0 radical (unpaired) electrons. The minimum Gasteiger partial charge on any atom is -1.00 e. The van der Waals surface area contributed by atoms with E-state index >= 15 is 0 Å². The fourth-order valence-corrected chi connectivity index (χ4v) is 1.89. The number of hydrogen-bond acceptors (Lipinski definition) is 4. The minimum absolute atomic E-state index is 0. The normalized spacial score (nSPS) is 16.6. The largest absolute Gasteiger partial charge is 1.00 e. The van der Waals surface area contributed by atoms with Gasteiger partial charge >= 0.3 is 47.2 Å². The van der Waals surface area contributed by atoms with Crippen molar-refractivity contribution >= 4 is 36.8 Å². The molecule has 0 bridgehead atoms. The summed E-state index contributed by atoms with van der Waals surface area (Å²) in [5, 5.41) is 0. The number of rotatable bonds is 6. The summed E-state index contributed by atoms with van der Waals surface area (Å²) in [5.74, 6) is -1.18. The van der Waals surface area contributed by atoms with E-state index in [1.807, 2.05) is 0 Å². The number of hydrogen-bond donors (Lipinski definition) is 1. The van der Waals surface area contributed by atoms with Gasteiger partial charge in [-0.25, -0.2) is 4.79 Å². The number of halogens is 2. The maximum Gasteiger partial charge on any atom is 1.00 e. The first-order chi connectivity index (χ1) is 7.19. The number of carbonyl (C=O) groups is 1. The van der Waals surface area contributed by atoms with Gasteiger partial charge in [-0.2, -0.15) is 0 Å². The third kappa shape index (κ3) is 5.79. The van der Waals surface area contributed by atoms with Crippen LogP contribution in [0.5, 0.6) is 0 Å². The molecule has 0 fully saturated rings. The summed E-state index contributed by atoms with van der Waals surface area (Å²) < 4.78 is 18.2. The Kier molecular flexibility index (Phi) is 10.1. The quantitative estimate of drug-likeness (QED) is 0.318. The van der Waals surface area contributed by atoms with Crippen LogP contribution >= 0.6 is 30.8 Å². The molecule has 0 spiro atoms. The summed E-state index contributed by atoms with van der Waals surface area (Å²) in [6, 6.07) is 0. The predicted molar refractivity (Wildman–Crippen MR) is 62.8 cm³/mol. The van der Waals surface area contributed by atoms with E-state index in [4.69, 9.17) is 27.9 Å². The summed E-state index contributed by atoms with van der Waals surface area (Å²) in [7, 11) is -4.46. The van der Waals surface area contributed by atoms with Gasteiger partial charge in [0.25, 0.3) is 0 Å². The van der Waals surface area contributed by atoms with Gasteiger partial charge in [0, 0.05) is 0 Å². The monoisotopic (exact) mass is 316 g/mol.